The largest absolute Gasteiger partial charge is 0.307 e. The number of anilines is 1. The van der Waals surface area contributed by atoms with Crippen molar-refractivity contribution in [3.05, 3.63) is 99.3 Å². The second-order valence-corrected chi connectivity index (χ2v) is 9.78. The Labute approximate surface area is 198 Å². The number of likely N-dealkylation sites (tertiary alicyclic amines) is 1. The highest BCUT2D eigenvalue weighted by atomic mass is 79.9. The van der Waals surface area contributed by atoms with Crippen LogP contribution in [0.2, 0.25) is 0 Å². The maximum atomic E-state index is 14.4. The molecule has 0 saturated carbocycles. The van der Waals surface area contributed by atoms with Crippen molar-refractivity contribution in [2.45, 2.75) is 24.8 Å². The number of hydrogen-bond donors (Lipinski definition) is 0. The number of hydrogen-bond acceptors (Lipinski definition) is 2. The fourth-order valence-corrected chi connectivity index (χ4v) is 5.31. The van der Waals surface area contributed by atoms with Crippen molar-refractivity contribution >= 4 is 27.5 Å². The summed E-state index contributed by atoms with van der Waals surface area (Å²) in [5.41, 5.74) is 2.04. The van der Waals surface area contributed by atoms with E-state index in [1.807, 2.05) is 12.1 Å². The van der Waals surface area contributed by atoms with Gasteiger partial charge in [0.25, 0.3) is 5.91 Å². The van der Waals surface area contributed by atoms with Gasteiger partial charge in [-0.1, -0.05) is 28.1 Å². The lowest BCUT2D eigenvalue weighted by atomic mass is 9.74. The van der Waals surface area contributed by atoms with Gasteiger partial charge in [0, 0.05) is 34.7 Å². The van der Waals surface area contributed by atoms with Gasteiger partial charge in [-0.05, 0) is 79.5 Å². The maximum absolute atomic E-state index is 14.4. The van der Waals surface area contributed by atoms with E-state index in [9.17, 15) is 18.0 Å². The Balaban J connectivity index is 1.39. The summed E-state index contributed by atoms with van der Waals surface area (Å²) in [6.07, 6.45) is 1.52. The number of carbonyl (C=O) groups is 1. The summed E-state index contributed by atoms with van der Waals surface area (Å²) < 4.78 is 43.0. The lowest BCUT2D eigenvalue weighted by molar-refractivity contribution is 0.0971. The molecule has 0 N–H and O–H groups in total. The number of carbonyl (C=O) groups excluding carboxylic acids is 1. The minimum atomic E-state index is -0.895. The monoisotopic (exact) mass is 514 g/mol. The molecule has 0 atom stereocenters. The van der Waals surface area contributed by atoms with Gasteiger partial charge in [-0.2, -0.15) is 0 Å². The molecule has 0 radical (unpaired) electrons. The van der Waals surface area contributed by atoms with E-state index in [1.165, 1.54) is 28.7 Å². The first-order chi connectivity index (χ1) is 15.8. The predicted octanol–water partition coefficient (Wildman–Crippen LogP) is 6.06. The molecule has 1 saturated heterocycles. The molecule has 2 heterocycles. The third kappa shape index (κ3) is 4.20. The Morgan fingerprint density at radius 3 is 2.27 bits per heavy atom. The van der Waals surface area contributed by atoms with Crippen LogP contribution in [0.3, 0.4) is 0 Å². The van der Waals surface area contributed by atoms with E-state index >= 15 is 0 Å². The molecule has 2 aliphatic heterocycles. The van der Waals surface area contributed by atoms with E-state index in [0.717, 1.165) is 48.6 Å². The van der Waals surface area contributed by atoms with Crippen molar-refractivity contribution < 1.29 is 18.0 Å². The quantitative estimate of drug-likeness (QED) is 0.424. The van der Waals surface area contributed by atoms with E-state index in [0.29, 0.717) is 18.3 Å². The van der Waals surface area contributed by atoms with Gasteiger partial charge in [0.2, 0.25) is 0 Å². The first kappa shape index (κ1) is 22.2. The van der Waals surface area contributed by atoms with Gasteiger partial charge in [-0.25, -0.2) is 13.2 Å². The van der Waals surface area contributed by atoms with Crippen molar-refractivity contribution in [3.63, 3.8) is 0 Å². The van der Waals surface area contributed by atoms with Gasteiger partial charge in [0.15, 0.2) is 0 Å². The summed E-state index contributed by atoms with van der Waals surface area (Å²) in [6, 6.07) is 15.6. The number of benzene rings is 3. The summed E-state index contributed by atoms with van der Waals surface area (Å²) in [5, 5.41) is 0. The highest BCUT2D eigenvalue weighted by molar-refractivity contribution is 9.10. The molecule has 5 rings (SSSR count). The third-order valence-electron chi connectivity index (χ3n) is 6.82. The highest BCUT2D eigenvalue weighted by Crippen LogP contribution is 2.48. The molecular formula is C26H22BrF3N2O. The van der Waals surface area contributed by atoms with E-state index in [4.69, 9.17) is 0 Å². The van der Waals surface area contributed by atoms with E-state index in [2.05, 4.69) is 33.0 Å². The Morgan fingerprint density at radius 2 is 1.58 bits per heavy atom. The van der Waals surface area contributed by atoms with Crippen molar-refractivity contribution in [1.82, 2.24) is 4.90 Å². The first-order valence-corrected chi connectivity index (χ1v) is 11.7. The van der Waals surface area contributed by atoms with Crippen molar-refractivity contribution in [2.75, 3.05) is 24.5 Å². The minimum absolute atomic E-state index is 0.184. The molecule has 0 bridgehead atoms. The zero-order valence-corrected chi connectivity index (χ0v) is 19.4. The molecule has 0 aromatic heterocycles. The fraction of sp³-hybridized carbons (Fsp3) is 0.269. The topological polar surface area (TPSA) is 23.6 Å². The van der Waals surface area contributed by atoms with Gasteiger partial charge in [0.05, 0.1) is 5.56 Å². The molecule has 3 aromatic rings. The zero-order valence-electron chi connectivity index (χ0n) is 17.8. The van der Waals surface area contributed by atoms with Gasteiger partial charge in [-0.3, -0.25) is 9.69 Å². The number of piperidine rings is 1. The molecule has 1 amide bonds. The highest BCUT2D eigenvalue weighted by Gasteiger charge is 2.47. The summed E-state index contributed by atoms with van der Waals surface area (Å²) in [4.78, 5) is 17.1. The second-order valence-electron chi connectivity index (χ2n) is 8.86. The Morgan fingerprint density at radius 1 is 0.909 bits per heavy atom. The second kappa shape index (κ2) is 8.61. The molecule has 1 fully saturated rings. The molecule has 7 heteroatoms. The number of halogens is 4. The lowest BCUT2D eigenvalue weighted by Gasteiger charge is -2.40. The predicted molar refractivity (Wildman–Crippen MR) is 125 cm³/mol. The van der Waals surface area contributed by atoms with Crippen LogP contribution in [0.4, 0.5) is 18.9 Å². The number of amides is 1. The Hall–Kier alpha value is -2.64. The van der Waals surface area contributed by atoms with Gasteiger partial charge in [0.1, 0.15) is 17.5 Å². The Bertz CT molecular complexity index is 1210. The van der Waals surface area contributed by atoms with Crippen LogP contribution in [0, 0.1) is 17.5 Å². The summed E-state index contributed by atoms with van der Waals surface area (Å²) in [7, 11) is 0. The number of fused-ring (bicyclic) bond motifs is 2. The van der Waals surface area contributed by atoms with E-state index in [1.54, 1.807) is 6.07 Å². The fourth-order valence-electron chi connectivity index (χ4n) is 5.05. The number of rotatable bonds is 3. The van der Waals surface area contributed by atoms with Crippen LogP contribution in [-0.4, -0.2) is 30.4 Å². The first-order valence-electron chi connectivity index (χ1n) is 10.9. The van der Waals surface area contributed by atoms with E-state index in [-0.39, 0.29) is 16.8 Å². The van der Waals surface area contributed by atoms with Crippen LogP contribution in [0.25, 0.3) is 0 Å². The van der Waals surface area contributed by atoms with Gasteiger partial charge >= 0.3 is 0 Å². The maximum Gasteiger partial charge on any atom is 0.261 e. The third-order valence-corrected chi connectivity index (χ3v) is 7.35. The summed E-state index contributed by atoms with van der Waals surface area (Å²) in [6.45, 7) is 2.79. The lowest BCUT2D eigenvalue weighted by Crippen LogP contribution is -2.45. The van der Waals surface area contributed by atoms with Crippen molar-refractivity contribution in [3.8, 4) is 0 Å². The molecule has 0 unspecified atom stereocenters. The zero-order chi connectivity index (χ0) is 23.2. The molecule has 3 nitrogen and oxygen atoms in total. The van der Waals surface area contributed by atoms with E-state index < -0.39 is 17.5 Å². The van der Waals surface area contributed by atoms with Crippen molar-refractivity contribution in [2.24, 2.45) is 0 Å². The average molecular weight is 515 g/mol. The van der Waals surface area contributed by atoms with Crippen LogP contribution in [0.1, 0.15) is 34.3 Å². The molecule has 0 aliphatic carbocycles. The van der Waals surface area contributed by atoms with Crippen LogP contribution in [0.15, 0.2) is 65.1 Å². The van der Waals surface area contributed by atoms with Crippen molar-refractivity contribution in [1.29, 1.82) is 0 Å². The molecule has 2 aliphatic rings. The number of nitrogens with zero attached hydrogens (tertiary/aromatic N) is 2. The summed E-state index contributed by atoms with van der Waals surface area (Å²) >= 11 is 3.46. The van der Waals surface area contributed by atoms with Crippen LogP contribution in [0.5, 0.6) is 0 Å². The molecule has 170 valence electrons. The van der Waals surface area contributed by atoms with Crippen LogP contribution >= 0.6 is 15.9 Å². The normalized spacial score (nSPS) is 17.4. The average Bonchev–Trinajstić information content (AvgIpc) is 3.10. The smallest absolute Gasteiger partial charge is 0.261 e. The molecule has 1 spiro atoms. The standard InChI is InChI=1S/C26H22BrF3N2O/c27-18-3-1-17(2-4-18)15-31-11-9-26(10-12-31)16-32(24-8-6-19(28)13-22(24)26)25(33)21-7-5-20(29)14-23(21)30/h1-8,13-14H,9-12,15-16H2. The van der Waals surface area contributed by atoms with Gasteiger partial charge < -0.3 is 4.90 Å². The van der Waals surface area contributed by atoms with Crippen LogP contribution < -0.4 is 4.90 Å². The summed E-state index contributed by atoms with van der Waals surface area (Å²) in [5.74, 6) is -2.52. The van der Waals surface area contributed by atoms with Gasteiger partial charge in [-0.15, -0.1) is 0 Å². The SMILES string of the molecule is O=C(c1ccc(F)cc1F)N1CC2(CCN(Cc3ccc(Br)cc3)CC2)c2cc(F)ccc21. The minimum Gasteiger partial charge on any atom is -0.307 e. The Kier molecular flexibility index (Phi) is 5.79. The molecule has 33 heavy (non-hydrogen) atoms. The molecule has 3 aromatic carbocycles. The molecular weight excluding hydrogens is 493 g/mol. The van der Waals surface area contributed by atoms with Crippen LogP contribution in [-0.2, 0) is 12.0 Å².